The Morgan fingerprint density at radius 1 is 0.833 bits per heavy atom. The van der Waals surface area contributed by atoms with Crippen LogP contribution in [-0.2, 0) is 9.53 Å². The van der Waals surface area contributed by atoms with Gasteiger partial charge >= 0.3 is 5.97 Å². The van der Waals surface area contributed by atoms with Gasteiger partial charge in [-0.1, -0.05) is 60.7 Å². The van der Waals surface area contributed by atoms with Crippen molar-refractivity contribution in [2.45, 2.75) is 6.10 Å². The molecule has 0 radical (unpaired) electrons. The molecule has 1 aromatic heterocycles. The van der Waals surface area contributed by atoms with Crippen LogP contribution in [0.2, 0.25) is 0 Å². The fraction of sp³-hybridized carbons (Fsp3) is 0.0526. The van der Waals surface area contributed by atoms with Gasteiger partial charge in [0.15, 0.2) is 6.10 Å². The minimum absolute atomic E-state index is 0. The lowest BCUT2D eigenvalue weighted by Gasteiger charge is -2.18. The fourth-order valence-corrected chi connectivity index (χ4v) is 2.89. The molecule has 0 spiro atoms. The number of ketones is 1. The van der Waals surface area contributed by atoms with Gasteiger partial charge in [-0.15, -0.1) is 0 Å². The molecule has 24 heavy (non-hydrogen) atoms. The highest BCUT2D eigenvalue weighted by atomic mass is 32.1. The van der Waals surface area contributed by atoms with Crippen LogP contribution in [-0.4, -0.2) is 17.2 Å². The van der Waals surface area contributed by atoms with Crippen molar-refractivity contribution in [1.82, 2.24) is 0 Å². The largest absolute Gasteiger partial charge is 0.447 e. The SMILES string of the molecule is O.O=C(OC(c1ccccc1)c1ccccc1)C(=O)c1ccsc1. The Morgan fingerprint density at radius 2 is 1.38 bits per heavy atom. The van der Waals surface area contributed by atoms with Crippen LogP contribution in [0.4, 0.5) is 0 Å². The Hall–Kier alpha value is -2.76. The molecule has 0 saturated heterocycles. The van der Waals surface area contributed by atoms with Gasteiger partial charge in [0.2, 0.25) is 0 Å². The average Bonchev–Trinajstić information content (AvgIpc) is 3.15. The van der Waals surface area contributed by atoms with Crippen LogP contribution in [0.15, 0.2) is 77.5 Å². The van der Waals surface area contributed by atoms with Gasteiger partial charge in [-0.2, -0.15) is 11.3 Å². The third-order valence-corrected chi connectivity index (χ3v) is 4.08. The molecule has 0 aliphatic heterocycles. The Labute approximate surface area is 143 Å². The number of hydrogen-bond donors (Lipinski definition) is 0. The third kappa shape index (κ3) is 3.95. The second-order valence-electron chi connectivity index (χ2n) is 4.95. The first-order valence-electron chi connectivity index (χ1n) is 7.13. The summed E-state index contributed by atoms with van der Waals surface area (Å²) in [6.07, 6.45) is -0.604. The minimum atomic E-state index is -0.846. The first kappa shape index (κ1) is 17.6. The van der Waals surface area contributed by atoms with E-state index in [1.54, 1.807) is 16.8 Å². The van der Waals surface area contributed by atoms with Crippen molar-refractivity contribution in [1.29, 1.82) is 0 Å². The highest BCUT2D eigenvalue weighted by Crippen LogP contribution is 2.26. The van der Waals surface area contributed by atoms with E-state index in [4.69, 9.17) is 4.74 Å². The number of esters is 1. The zero-order valence-corrected chi connectivity index (χ0v) is 13.5. The maximum Gasteiger partial charge on any atom is 0.380 e. The van der Waals surface area contributed by atoms with E-state index in [-0.39, 0.29) is 5.48 Å². The van der Waals surface area contributed by atoms with Crippen molar-refractivity contribution in [3.63, 3.8) is 0 Å². The Bertz CT molecular complexity index is 743. The summed E-state index contributed by atoms with van der Waals surface area (Å²) in [5, 5.41) is 3.40. The quantitative estimate of drug-likeness (QED) is 0.406. The maximum atomic E-state index is 12.2. The molecule has 5 heteroatoms. The topological polar surface area (TPSA) is 74.9 Å². The van der Waals surface area contributed by atoms with Gasteiger partial charge in [-0.25, -0.2) is 4.79 Å². The second-order valence-corrected chi connectivity index (χ2v) is 5.73. The van der Waals surface area contributed by atoms with E-state index >= 15 is 0 Å². The lowest BCUT2D eigenvalue weighted by molar-refractivity contribution is -0.141. The number of Topliss-reactive ketones (excluding diaryl/α,β-unsaturated/α-hetero) is 1. The van der Waals surface area contributed by atoms with E-state index in [1.807, 2.05) is 60.7 Å². The van der Waals surface area contributed by atoms with E-state index in [1.165, 1.54) is 11.3 Å². The Kier molecular flexibility index (Phi) is 6.01. The number of ether oxygens (including phenoxy) is 1. The molecule has 0 amide bonds. The van der Waals surface area contributed by atoms with Gasteiger partial charge in [0.25, 0.3) is 5.78 Å². The zero-order chi connectivity index (χ0) is 16.1. The summed E-state index contributed by atoms with van der Waals surface area (Å²) in [7, 11) is 0. The molecule has 3 rings (SSSR count). The molecule has 1 heterocycles. The molecule has 0 aliphatic rings. The van der Waals surface area contributed by atoms with E-state index < -0.39 is 17.9 Å². The first-order chi connectivity index (χ1) is 11.3. The van der Waals surface area contributed by atoms with E-state index in [0.29, 0.717) is 5.56 Å². The van der Waals surface area contributed by atoms with E-state index in [9.17, 15) is 9.59 Å². The van der Waals surface area contributed by atoms with Gasteiger partial charge in [-0.05, 0) is 22.6 Å². The minimum Gasteiger partial charge on any atom is -0.447 e. The van der Waals surface area contributed by atoms with Crippen LogP contribution >= 0.6 is 11.3 Å². The van der Waals surface area contributed by atoms with Gasteiger partial charge in [0.1, 0.15) is 0 Å². The van der Waals surface area contributed by atoms with Gasteiger partial charge in [-0.3, -0.25) is 4.79 Å². The number of carbonyl (C=O) groups excluding carboxylic acids is 2. The molecule has 4 nitrogen and oxygen atoms in total. The average molecular weight is 340 g/mol. The molecule has 122 valence electrons. The van der Waals surface area contributed by atoms with Gasteiger partial charge < -0.3 is 10.2 Å². The highest BCUT2D eigenvalue weighted by Gasteiger charge is 2.24. The molecule has 0 unspecified atom stereocenters. The van der Waals surface area contributed by atoms with E-state index in [0.717, 1.165) is 11.1 Å². The van der Waals surface area contributed by atoms with E-state index in [2.05, 4.69) is 0 Å². The van der Waals surface area contributed by atoms with Crippen molar-refractivity contribution in [2.75, 3.05) is 0 Å². The van der Waals surface area contributed by atoms with Crippen LogP contribution in [0.3, 0.4) is 0 Å². The summed E-state index contributed by atoms with van der Waals surface area (Å²) in [5.74, 6) is -1.47. The van der Waals surface area contributed by atoms with Gasteiger partial charge in [0, 0.05) is 10.9 Å². The van der Waals surface area contributed by atoms with Crippen LogP contribution < -0.4 is 0 Å². The molecule has 0 fully saturated rings. The lowest BCUT2D eigenvalue weighted by atomic mass is 10.0. The van der Waals surface area contributed by atoms with Crippen LogP contribution in [0.5, 0.6) is 0 Å². The predicted molar refractivity (Wildman–Crippen MR) is 93.1 cm³/mol. The molecule has 3 aromatic rings. The van der Waals surface area contributed by atoms with Crippen LogP contribution in [0.1, 0.15) is 27.6 Å². The monoisotopic (exact) mass is 340 g/mol. The molecule has 0 atom stereocenters. The van der Waals surface area contributed by atoms with Crippen molar-refractivity contribution < 1.29 is 19.8 Å². The summed E-state index contributed by atoms with van der Waals surface area (Å²) in [6, 6.07) is 20.4. The molecular formula is C19H16O4S. The number of rotatable bonds is 5. The molecule has 0 aliphatic carbocycles. The first-order valence-corrected chi connectivity index (χ1v) is 8.07. The standard InChI is InChI=1S/C19H14O3S.H2O/c20-17(16-11-12-23-13-16)19(21)22-18(14-7-3-1-4-8-14)15-9-5-2-6-10-15;/h1-13,18H;1H2. The number of hydrogen-bond acceptors (Lipinski definition) is 4. The number of benzene rings is 2. The summed E-state index contributed by atoms with van der Waals surface area (Å²) in [4.78, 5) is 24.4. The summed E-state index contributed by atoms with van der Waals surface area (Å²) in [5.41, 5.74) is 2.01. The van der Waals surface area contributed by atoms with Crippen LogP contribution in [0, 0.1) is 0 Å². The number of thiophene rings is 1. The molecule has 0 saturated carbocycles. The smallest absolute Gasteiger partial charge is 0.380 e. The predicted octanol–water partition coefficient (Wildman–Crippen LogP) is 3.44. The van der Waals surface area contributed by atoms with Gasteiger partial charge in [0.05, 0.1) is 0 Å². The molecule has 2 N–H and O–H groups in total. The Morgan fingerprint density at radius 3 is 1.83 bits per heavy atom. The number of carbonyl (C=O) groups is 2. The maximum absolute atomic E-state index is 12.2. The lowest BCUT2D eigenvalue weighted by Crippen LogP contribution is -2.20. The third-order valence-electron chi connectivity index (χ3n) is 3.40. The highest BCUT2D eigenvalue weighted by molar-refractivity contribution is 7.08. The second kappa shape index (κ2) is 8.19. The zero-order valence-electron chi connectivity index (χ0n) is 12.7. The molecule has 2 aromatic carbocycles. The Balaban J connectivity index is 0.00000208. The molecular weight excluding hydrogens is 324 g/mol. The molecule has 0 bridgehead atoms. The summed E-state index contributed by atoms with van der Waals surface area (Å²) < 4.78 is 5.52. The van der Waals surface area contributed by atoms with Crippen molar-refractivity contribution in [3.8, 4) is 0 Å². The summed E-state index contributed by atoms with van der Waals surface area (Å²) >= 11 is 1.37. The van der Waals surface area contributed by atoms with Crippen LogP contribution in [0.25, 0.3) is 0 Å². The fourth-order valence-electron chi connectivity index (χ4n) is 2.26. The van der Waals surface area contributed by atoms with Crippen molar-refractivity contribution in [3.05, 3.63) is 94.2 Å². The van der Waals surface area contributed by atoms with Crippen molar-refractivity contribution in [2.24, 2.45) is 0 Å². The van der Waals surface area contributed by atoms with Crippen molar-refractivity contribution >= 4 is 23.1 Å². The summed E-state index contributed by atoms with van der Waals surface area (Å²) in [6.45, 7) is 0. The normalized spacial score (nSPS) is 10.0.